The predicted molar refractivity (Wildman–Crippen MR) is 85.4 cm³/mol. The Morgan fingerprint density at radius 3 is 2.82 bits per heavy atom. The highest BCUT2D eigenvalue weighted by Gasteiger charge is 2.45. The summed E-state index contributed by atoms with van der Waals surface area (Å²) in [7, 11) is 1.38. The van der Waals surface area contributed by atoms with Crippen LogP contribution in [0.2, 0.25) is 0 Å². The molecule has 1 aromatic heterocycles. The van der Waals surface area contributed by atoms with Crippen molar-refractivity contribution in [3.63, 3.8) is 0 Å². The molecule has 120 valence electrons. The molecular formula is C16H21BrN2O3. The number of hydrogen-bond acceptors (Lipinski definition) is 5. The lowest BCUT2D eigenvalue weighted by atomic mass is 9.74. The third-order valence-corrected chi connectivity index (χ3v) is 5.30. The van der Waals surface area contributed by atoms with Crippen molar-refractivity contribution in [2.45, 2.75) is 49.8 Å². The average molecular weight is 369 g/mol. The Kier molecular flexibility index (Phi) is 4.80. The van der Waals surface area contributed by atoms with Crippen molar-refractivity contribution in [3.05, 3.63) is 28.5 Å². The van der Waals surface area contributed by atoms with Crippen LogP contribution in [-0.4, -0.2) is 36.8 Å². The molecule has 2 atom stereocenters. The highest BCUT2D eigenvalue weighted by molar-refractivity contribution is 9.10. The van der Waals surface area contributed by atoms with Gasteiger partial charge in [-0.25, -0.2) is 9.78 Å². The van der Waals surface area contributed by atoms with Gasteiger partial charge < -0.3 is 14.8 Å². The van der Waals surface area contributed by atoms with Crippen LogP contribution in [0.4, 0.5) is 0 Å². The number of aromatic nitrogens is 1. The minimum absolute atomic E-state index is 0.0305. The summed E-state index contributed by atoms with van der Waals surface area (Å²) in [6.45, 7) is -0.0305. The van der Waals surface area contributed by atoms with Gasteiger partial charge in [0.2, 0.25) is 0 Å². The Hall–Kier alpha value is -0.980. The summed E-state index contributed by atoms with van der Waals surface area (Å²) in [5, 5.41) is 3.67. The van der Waals surface area contributed by atoms with Crippen molar-refractivity contribution in [1.29, 1.82) is 0 Å². The molecule has 2 aliphatic heterocycles. The smallest absolute Gasteiger partial charge is 0.331 e. The van der Waals surface area contributed by atoms with E-state index in [1.165, 1.54) is 13.5 Å². The minimum Gasteiger partial charge on any atom is -0.467 e. The van der Waals surface area contributed by atoms with Crippen LogP contribution < -0.4 is 5.32 Å². The van der Waals surface area contributed by atoms with E-state index in [1.54, 1.807) is 6.20 Å². The molecule has 0 aromatic carbocycles. The van der Waals surface area contributed by atoms with Gasteiger partial charge in [-0.2, -0.15) is 0 Å². The van der Waals surface area contributed by atoms with Crippen LogP contribution in [0.3, 0.4) is 0 Å². The Balaban J connectivity index is 1.91. The van der Waals surface area contributed by atoms with Gasteiger partial charge >= 0.3 is 5.97 Å². The fourth-order valence-electron chi connectivity index (χ4n) is 3.71. The minimum atomic E-state index is -0.484. The Morgan fingerprint density at radius 1 is 1.45 bits per heavy atom. The number of ether oxygens (including phenoxy) is 2. The van der Waals surface area contributed by atoms with E-state index in [0.29, 0.717) is 12.1 Å². The molecule has 1 N–H and O–H groups in total. The molecule has 0 spiro atoms. The fraction of sp³-hybridized carbons (Fsp3) is 0.625. The Morgan fingerprint density at radius 2 is 2.18 bits per heavy atom. The van der Waals surface area contributed by atoms with E-state index in [2.05, 4.69) is 26.2 Å². The second kappa shape index (κ2) is 6.64. The first-order valence-corrected chi connectivity index (χ1v) is 8.50. The maximum Gasteiger partial charge on any atom is 0.331 e. The summed E-state index contributed by atoms with van der Waals surface area (Å²) in [4.78, 5) is 15.9. The lowest BCUT2D eigenvalue weighted by Crippen LogP contribution is -2.55. The topological polar surface area (TPSA) is 60.5 Å². The number of pyridine rings is 1. The zero-order valence-corrected chi connectivity index (χ0v) is 14.3. The maximum absolute atomic E-state index is 11.6. The summed E-state index contributed by atoms with van der Waals surface area (Å²) in [6, 6.07) is 4.81. The number of halogens is 1. The largest absolute Gasteiger partial charge is 0.467 e. The normalized spacial score (nSPS) is 30.8. The van der Waals surface area contributed by atoms with Crippen LogP contribution in [0.25, 0.3) is 0 Å². The van der Waals surface area contributed by atoms with Gasteiger partial charge in [-0.05, 0) is 47.7 Å². The zero-order chi connectivity index (χ0) is 15.6. The van der Waals surface area contributed by atoms with Crippen LogP contribution >= 0.6 is 15.9 Å². The highest BCUT2D eigenvalue weighted by Crippen LogP contribution is 2.44. The second-order valence-corrected chi connectivity index (χ2v) is 6.85. The molecule has 2 saturated heterocycles. The molecule has 2 aliphatic rings. The van der Waals surface area contributed by atoms with E-state index in [1.807, 2.05) is 12.1 Å². The highest BCUT2D eigenvalue weighted by atomic mass is 79.9. The molecule has 0 amide bonds. The number of rotatable bonds is 4. The number of fused-ring (bicyclic) bond motifs is 2. The summed E-state index contributed by atoms with van der Waals surface area (Å²) in [5.41, 5.74) is 0.541. The number of piperidine rings is 2. The summed E-state index contributed by atoms with van der Waals surface area (Å²) < 4.78 is 11.7. The average Bonchev–Trinajstić information content (AvgIpc) is 2.52. The summed E-state index contributed by atoms with van der Waals surface area (Å²) >= 11 is 3.54. The van der Waals surface area contributed by atoms with Crippen LogP contribution in [0, 0.1) is 0 Å². The van der Waals surface area contributed by atoms with Crippen molar-refractivity contribution in [2.24, 2.45) is 0 Å². The molecule has 22 heavy (non-hydrogen) atoms. The van der Waals surface area contributed by atoms with E-state index in [0.717, 1.165) is 35.8 Å². The number of nitrogens with one attached hydrogen (secondary N) is 1. The first-order valence-electron chi connectivity index (χ1n) is 7.71. The maximum atomic E-state index is 11.6. The molecule has 3 rings (SSSR count). The third-order valence-electron chi connectivity index (χ3n) is 4.67. The first-order chi connectivity index (χ1) is 10.6. The molecule has 0 radical (unpaired) electrons. The van der Waals surface area contributed by atoms with Crippen LogP contribution in [0.1, 0.15) is 37.7 Å². The van der Waals surface area contributed by atoms with Gasteiger partial charge in [-0.3, -0.25) is 0 Å². The summed E-state index contributed by atoms with van der Waals surface area (Å²) in [5.74, 6) is -0.344. The van der Waals surface area contributed by atoms with Gasteiger partial charge in [-0.15, -0.1) is 0 Å². The number of carbonyl (C=O) groups is 1. The van der Waals surface area contributed by atoms with E-state index in [-0.39, 0.29) is 12.6 Å². The molecule has 2 bridgehead atoms. The van der Waals surface area contributed by atoms with Crippen molar-refractivity contribution in [2.75, 3.05) is 13.7 Å². The van der Waals surface area contributed by atoms with E-state index in [9.17, 15) is 4.79 Å². The van der Waals surface area contributed by atoms with Crippen molar-refractivity contribution >= 4 is 21.9 Å². The van der Waals surface area contributed by atoms with E-state index < -0.39 is 5.60 Å². The van der Waals surface area contributed by atoms with Gasteiger partial charge in [-0.1, -0.05) is 12.5 Å². The lowest BCUT2D eigenvalue weighted by Gasteiger charge is -2.48. The number of hydrogen-bond donors (Lipinski definition) is 1. The number of esters is 1. The molecule has 0 saturated carbocycles. The molecule has 6 heteroatoms. The molecular weight excluding hydrogens is 348 g/mol. The van der Waals surface area contributed by atoms with Gasteiger partial charge in [0.1, 0.15) is 11.2 Å². The van der Waals surface area contributed by atoms with Gasteiger partial charge in [0.25, 0.3) is 0 Å². The predicted octanol–water partition coefficient (Wildman–Crippen LogP) is 2.53. The summed E-state index contributed by atoms with van der Waals surface area (Å²) in [6.07, 6.45) is 7.01. The number of nitrogens with zero attached hydrogens (tertiary/aromatic N) is 1. The standard InChI is InChI=1S/C16H21BrN2O3/c1-21-14(20)10-22-16(13-6-3-7-18-15(13)17)8-11-4-2-5-12(9-16)19-11/h3,6-7,11-12,19H,2,4-5,8-10H2,1H3. The van der Waals surface area contributed by atoms with Gasteiger partial charge in [0.15, 0.2) is 0 Å². The first kappa shape index (κ1) is 15.9. The zero-order valence-electron chi connectivity index (χ0n) is 12.7. The SMILES string of the molecule is COC(=O)COC1(c2cccnc2Br)CC2CCCC(C1)N2. The quantitative estimate of drug-likeness (QED) is 0.653. The monoisotopic (exact) mass is 368 g/mol. The Bertz CT molecular complexity index is 540. The molecule has 3 heterocycles. The fourth-order valence-corrected chi connectivity index (χ4v) is 4.32. The molecule has 2 unspecified atom stereocenters. The van der Waals surface area contributed by atoms with Crippen LogP contribution in [-0.2, 0) is 19.9 Å². The number of methoxy groups -OCH3 is 1. The molecule has 1 aromatic rings. The second-order valence-electron chi connectivity index (χ2n) is 6.10. The molecule has 0 aliphatic carbocycles. The Labute approximate surface area is 138 Å². The van der Waals surface area contributed by atoms with E-state index >= 15 is 0 Å². The van der Waals surface area contributed by atoms with Crippen molar-refractivity contribution in [1.82, 2.24) is 10.3 Å². The lowest BCUT2D eigenvalue weighted by molar-refractivity contribution is -0.160. The third kappa shape index (κ3) is 3.19. The van der Waals surface area contributed by atoms with Gasteiger partial charge in [0, 0.05) is 23.8 Å². The number of carbonyl (C=O) groups excluding carboxylic acids is 1. The molecule has 5 nitrogen and oxygen atoms in total. The van der Waals surface area contributed by atoms with Crippen LogP contribution in [0.5, 0.6) is 0 Å². The van der Waals surface area contributed by atoms with Crippen molar-refractivity contribution < 1.29 is 14.3 Å². The molecule has 2 fully saturated rings. The van der Waals surface area contributed by atoms with Gasteiger partial charge in [0.05, 0.1) is 12.7 Å². The van der Waals surface area contributed by atoms with Crippen molar-refractivity contribution in [3.8, 4) is 0 Å². The van der Waals surface area contributed by atoms with Crippen LogP contribution in [0.15, 0.2) is 22.9 Å². The van der Waals surface area contributed by atoms with E-state index in [4.69, 9.17) is 9.47 Å².